The molecule has 0 saturated carbocycles. The molecule has 0 saturated heterocycles. The Hall–Kier alpha value is -2.06. The minimum absolute atomic E-state index is 0.217. The van der Waals surface area contributed by atoms with Gasteiger partial charge in [0, 0.05) is 0 Å². The van der Waals surface area contributed by atoms with Gasteiger partial charge in [-0.05, 0) is 31.2 Å². The first-order chi connectivity index (χ1) is 7.99. The van der Waals surface area contributed by atoms with Gasteiger partial charge in [-0.2, -0.15) is 5.26 Å². The number of benzene rings is 1. The molecule has 0 amide bonds. The summed E-state index contributed by atoms with van der Waals surface area (Å²) in [6, 6.07) is 8.32. The SMILES string of the molecule is COC(=O)[C@@](C)(O)COc1ccc(C#N)cc1. The van der Waals surface area contributed by atoms with Crippen molar-refractivity contribution in [2.45, 2.75) is 12.5 Å². The monoisotopic (exact) mass is 235 g/mol. The second-order valence-corrected chi connectivity index (χ2v) is 3.69. The third kappa shape index (κ3) is 3.47. The highest BCUT2D eigenvalue weighted by Gasteiger charge is 2.32. The van der Waals surface area contributed by atoms with E-state index in [1.165, 1.54) is 14.0 Å². The number of nitrogens with zero attached hydrogens (tertiary/aromatic N) is 1. The number of hydrogen-bond acceptors (Lipinski definition) is 5. The van der Waals surface area contributed by atoms with Crippen LogP contribution in [0.1, 0.15) is 12.5 Å². The first-order valence-electron chi connectivity index (χ1n) is 4.93. The highest BCUT2D eigenvalue weighted by Crippen LogP contribution is 2.14. The Morgan fingerprint density at radius 1 is 1.47 bits per heavy atom. The minimum Gasteiger partial charge on any atom is -0.490 e. The van der Waals surface area contributed by atoms with Crippen LogP contribution in [0.2, 0.25) is 0 Å². The second-order valence-electron chi connectivity index (χ2n) is 3.69. The predicted molar refractivity (Wildman–Crippen MR) is 59.3 cm³/mol. The first-order valence-corrected chi connectivity index (χ1v) is 4.93. The fourth-order valence-electron chi connectivity index (χ4n) is 1.13. The third-order valence-electron chi connectivity index (χ3n) is 2.13. The van der Waals surface area contributed by atoms with Crippen molar-refractivity contribution < 1.29 is 19.4 Å². The molecule has 0 unspecified atom stereocenters. The Morgan fingerprint density at radius 2 is 2.06 bits per heavy atom. The normalized spacial score (nSPS) is 13.3. The Bertz CT molecular complexity index is 431. The summed E-state index contributed by atoms with van der Waals surface area (Å²) in [6.45, 7) is 1.09. The first kappa shape index (κ1) is 13.0. The van der Waals surface area contributed by atoms with E-state index >= 15 is 0 Å². The molecule has 0 aliphatic rings. The van der Waals surface area contributed by atoms with E-state index in [1.54, 1.807) is 24.3 Å². The summed E-state index contributed by atoms with van der Waals surface area (Å²) in [7, 11) is 1.19. The molecule has 90 valence electrons. The standard InChI is InChI=1S/C12H13NO4/c1-12(15,11(14)16-2)8-17-10-5-3-9(7-13)4-6-10/h3-6,15H,8H2,1-2H3/t12-/m0/s1. The number of ether oxygens (including phenoxy) is 2. The van der Waals surface area contributed by atoms with E-state index in [1.807, 2.05) is 6.07 Å². The number of rotatable bonds is 4. The summed E-state index contributed by atoms with van der Waals surface area (Å²) in [5.74, 6) is -0.292. The van der Waals surface area contributed by atoms with Gasteiger partial charge in [0.1, 0.15) is 12.4 Å². The van der Waals surface area contributed by atoms with Crippen molar-refractivity contribution in [2.75, 3.05) is 13.7 Å². The van der Waals surface area contributed by atoms with E-state index < -0.39 is 11.6 Å². The van der Waals surface area contributed by atoms with Crippen LogP contribution >= 0.6 is 0 Å². The van der Waals surface area contributed by atoms with Crippen LogP contribution in [0.25, 0.3) is 0 Å². The maximum Gasteiger partial charge on any atom is 0.341 e. The van der Waals surface area contributed by atoms with Crippen LogP contribution < -0.4 is 4.74 Å². The van der Waals surface area contributed by atoms with Gasteiger partial charge < -0.3 is 14.6 Å². The number of methoxy groups -OCH3 is 1. The zero-order valence-corrected chi connectivity index (χ0v) is 9.64. The topological polar surface area (TPSA) is 79.6 Å². The fraction of sp³-hybridized carbons (Fsp3) is 0.333. The van der Waals surface area contributed by atoms with Gasteiger partial charge in [-0.25, -0.2) is 4.79 Å². The van der Waals surface area contributed by atoms with E-state index in [0.717, 1.165) is 0 Å². The lowest BCUT2D eigenvalue weighted by Crippen LogP contribution is -2.42. The predicted octanol–water partition coefficient (Wildman–Crippen LogP) is 0.861. The average molecular weight is 235 g/mol. The number of hydrogen-bond donors (Lipinski definition) is 1. The van der Waals surface area contributed by atoms with Crippen LogP contribution in [-0.4, -0.2) is 30.4 Å². The van der Waals surface area contributed by atoms with E-state index in [0.29, 0.717) is 11.3 Å². The molecule has 0 fully saturated rings. The van der Waals surface area contributed by atoms with Crippen molar-refractivity contribution in [2.24, 2.45) is 0 Å². The highest BCUT2D eigenvalue weighted by molar-refractivity contribution is 5.78. The molecular formula is C12H13NO4. The molecule has 0 aromatic heterocycles. The van der Waals surface area contributed by atoms with Crippen LogP contribution in [0.4, 0.5) is 0 Å². The molecule has 1 aromatic carbocycles. The summed E-state index contributed by atoms with van der Waals surface area (Å²) >= 11 is 0. The van der Waals surface area contributed by atoms with Gasteiger partial charge in [0.25, 0.3) is 0 Å². The molecule has 17 heavy (non-hydrogen) atoms. The zero-order valence-electron chi connectivity index (χ0n) is 9.64. The van der Waals surface area contributed by atoms with E-state index in [-0.39, 0.29) is 6.61 Å². The minimum atomic E-state index is -1.69. The molecule has 0 aliphatic carbocycles. The number of aliphatic hydroxyl groups is 1. The molecule has 1 atom stereocenters. The molecule has 1 aromatic rings. The van der Waals surface area contributed by atoms with Gasteiger partial charge in [-0.1, -0.05) is 0 Å². The van der Waals surface area contributed by atoms with Crippen LogP contribution in [0, 0.1) is 11.3 Å². The van der Waals surface area contributed by atoms with E-state index in [9.17, 15) is 9.90 Å². The summed E-state index contributed by atoms with van der Waals surface area (Å²) in [5, 5.41) is 18.3. The van der Waals surface area contributed by atoms with Crippen molar-refractivity contribution in [1.82, 2.24) is 0 Å². The lowest BCUT2D eigenvalue weighted by atomic mass is 10.1. The number of esters is 1. The van der Waals surface area contributed by atoms with Crippen molar-refractivity contribution >= 4 is 5.97 Å². The lowest BCUT2D eigenvalue weighted by Gasteiger charge is -2.20. The number of carbonyl (C=O) groups is 1. The van der Waals surface area contributed by atoms with Crippen molar-refractivity contribution in [1.29, 1.82) is 5.26 Å². The Labute approximate surface area is 99.2 Å². The van der Waals surface area contributed by atoms with Crippen molar-refractivity contribution in [3.8, 4) is 11.8 Å². The Kier molecular flexibility index (Phi) is 4.07. The third-order valence-corrected chi connectivity index (χ3v) is 2.13. The Balaban J connectivity index is 2.61. The molecule has 0 spiro atoms. The average Bonchev–Trinajstić information content (AvgIpc) is 2.36. The molecule has 1 rings (SSSR count). The molecule has 5 nitrogen and oxygen atoms in total. The smallest absolute Gasteiger partial charge is 0.341 e. The van der Waals surface area contributed by atoms with Crippen LogP contribution in [0.5, 0.6) is 5.75 Å². The molecule has 1 N–H and O–H groups in total. The quantitative estimate of drug-likeness (QED) is 0.783. The van der Waals surface area contributed by atoms with E-state index in [4.69, 9.17) is 10.00 Å². The molecular weight excluding hydrogens is 222 g/mol. The maximum absolute atomic E-state index is 11.2. The number of nitriles is 1. The van der Waals surface area contributed by atoms with Crippen LogP contribution in [0.3, 0.4) is 0 Å². The van der Waals surface area contributed by atoms with Gasteiger partial charge in [-0.15, -0.1) is 0 Å². The largest absolute Gasteiger partial charge is 0.490 e. The zero-order chi connectivity index (χ0) is 12.9. The molecule has 0 heterocycles. The van der Waals surface area contributed by atoms with Gasteiger partial charge in [0.15, 0.2) is 5.60 Å². The van der Waals surface area contributed by atoms with Crippen molar-refractivity contribution in [3.05, 3.63) is 29.8 Å². The van der Waals surface area contributed by atoms with Crippen molar-refractivity contribution in [3.63, 3.8) is 0 Å². The van der Waals surface area contributed by atoms with Gasteiger partial charge >= 0.3 is 5.97 Å². The number of carbonyl (C=O) groups excluding carboxylic acids is 1. The summed E-state index contributed by atoms with van der Waals surface area (Å²) < 4.78 is 9.66. The molecule has 0 radical (unpaired) electrons. The van der Waals surface area contributed by atoms with Crippen LogP contribution in [0.15, 0.2) is 24.3 Å². The fourth-order valence-corrected chi connectivity index (χ4v) is 1.13. The second kappa shape index (κ2) is 5.32. The summed E-state index contributed by atoms with van der Waals surface area (Å²) in [5.41, 5.74) is -1.18. The maximum atomic E-state index is 11.2. The summed E-state index contributed by atoms with van der Waals surface area (Å²) in [4.78, 5) is 11.2. The molecule has 0 bridgehead atoms. The van der Waals surface area contributed by atoms with Gasteiger partial charge in [-0.3, -0.25) is 0 Å². The van der Waals surface area contributed by atoms with Crippen LogP contribution in [-0.2, 0) is 9.53 Å². The van der Waals surface area contributed by atoms with Gasteiger partial charge in [0.2, 0.25) is 0 Å². The lowest BCUT2D eigenvalue weighted by molar-refractivity contribution is -0.163. The van der Waals surface area contributed by atoms with Gasteiger partial charge in [0.05, 0.1) is 18.7 Å². The Morgan fingerprint density at radius 3 is 2.53 bits per heavy atom. The van der Waals surface area contributed by atoms with E-state index in [2.05, 4.69) is 4.74 Å². The summed E-state index contributed by atoms with van der Waals surface area (Å²) in [6.07, 6.45) is 0. The molecule has 0 aliphatic heterocycles. The molecule has 5 heteroatoms. The highest BCUT2D eigenvalue weighted by atomic mass is 16.6.